The van der Waals surface area contributed by atoms with E-state index in [2.05, 4.69) is 6.92 Å². The van der Waals surface area contributed by atoms with Crippen LogP contribution in [0.5, 0.6) is 0 Å². The van der Waals surface area contributed by atoms with Crippen LogP contribution in [0.15, 0.2) is 18.2 Å². The highest BCUT2D eigenvalue weighted by Gasteiger charge is 2.31. The first-order chi connectivity index (χ1) is 9.36. The second-order valence-electron chi connectivity index (χ2n) is 4.89. The molecule has 2 N–H and O–H groups in total. The van der Waals surface area contributed by atoms with Crippen molar-refractivity contribution in [2.75, 3.05) is 5.73 Å². The molecule has 0 heterocycles. The number of nitrogens with two attached hydrogens (primary N) is 1. The van der Waals surface area contributed by atoms with Crippen molar-refractivity contribution in [3.63, 3.8) is 0 Å². The molecule has 0 aliphatic carbocycles. The Hall–Kier alpha value is -1.52. The lowest BCUT2D eigenvalue weighted by molar-refractivity contribution is -0.137. The molecule has 1 aromatic carbocycles. The Labute approximate surface area is 117 Å². The van der Waals surface area contributed by atoms with E-state index in [0.717, 1.165) is 43.9 Å². The molecule has 0 atom stereocenters. The zero-order valence-corrected chi connectivity index (χ0v) is 11.6. The van der Waals surface area contributed by atoms with Crippen molar-refractivity contribution in [1.82, 2.24) is 0 Å². The Bertz CT molecular complexity index is 455. The molecule has 2 nitrogen and oxygen atoms in total. The van der Waals surface area contributed by atoms with Gasteiger partial charge in [-0.25, -0.2) is 0 Å². The molecule has 0 unspecified atom stereocenters. The monoisotopic (exact) mass is 287 g/mol. The predicted molar refractivity (Wildman–Crippen MR) is 73.6 cm³/mol. The molecule has 20 heavy (non-hydrogen) atoms. The fourth-order valence-corrected chi connectivity index (χ4v) is 2.00. The fourth-order valence-electron chi connectivity index (χ4n) is 2.00. The topological polar surface area (TPSA) is 43.1 Å². The highest BCUT2D eigenvalue weighted by molar-refractivity contribution is 6.00. The molecule has 0 aliphatic heterocycles. The van der Waals surface area contributed by atoms with E-state index >= 15 is 0 Å². The zero-order valence-electron chi connectivity index (χ0n) is 11.6. The average molecular weight is 287 g/mol. The number of hydrogen-bond donors (Lipinski definition) is 1. The van der Waals surface area contributed by atoms with Crippen LogP contribution in [0.25, 0.3) is 0 Å². The standard InChI is InChI=1S/C15H20F3NO/c1-2-3-4-5-6-7-14(20)12-10-11(15(16,17)18)8-9-13(12)19/h8-10H,2-7,19H2,1H3. The Balaban J connectivity index is 2.67. The van der Waals surface area contributed by atoms with Gasteiger partial charge in [0.1, 0.15) is 0 Å². The van der Waals surface area contributed by atoms with Gasteiger partial charge >= 0.3 is 6.18 Å². The van der Waals surface area contributed by atoms with E-state index in [1.807, 2.05) is 0 Å². The molecule has 5 heteroatoms. The molecular formula is C15H20F3NO. The number of unbranched alkanes of at least 4 members (excludes halogenated alkanes) is 4. The summed E-state index contributed by atoms with van der Waals surface area (Å²) in [7, 11) is 0. The highest BCUT2D eigenvalue weighted by Crippen LogP contribution is 2.31. The number of nitrogen functional groups attached to an aromatic ring is 1. The summed E-state index contributed by atoms with van der Waals surface area (Å²) in [6.07, 6.45) is 0.655. The minimum atomic E-state index is -4.45. The molecule has 0 amide bonds. The number of Topliss-reactive ketones (excluding diaryl/α,β-unsaturated/α-hetero) is 1. The van der Waals surface area contributed by atoms with Crippen LogP contribution in [0.3, 0.4) is 0 Å². The summed E-state index contributed by atoms with van der Waals surface area (Å²) in [6.45, 7) is 2.09. The van der Waals surface area contributed by atoms with Gasteiger partial charge in [-0.2, -0.15) is 13.2 Å². The van der Waals surface area contributed by atoms with E-state index in [1.165, 1.54) is 0 Å². The number of rotatable bonds is 7. The van der Waals surface area contributed by atoms with Crippen molar-refractivity contribution in [3.05, 3.63) is 29.3 Å². The van der Waals surface area contributed by atoms with Crippen LogP contribution in [0, 0.1) is 0 Å². The minimum Gasteiger partial charge on any atom is -0.398 e. The second-order valence-corrected chi connectivity index (χ2v) is 4.89. The molecule has 0 radical (unpaired) electrons. The minimum absolute atomic E-state index is 0.0182. The van der Waals surface area contributed by atoms with Gasteiger partial charge in [0, 0.05) is 17.7 Å². The number of halogens is 3. The fraction of sp³-hybridized carbons (Fsp3) is 0.533. The molecule has 0 saturated carbocycles. The first kappa shape index (κ1) is 16.5. The summed E-state index contributed by atoms with van der Waals surface area (Å²) in [5, 5.41) is 0. The van der Waals surface area contributed by atoms with Gasteiger partial charge in [-0.05, 0) is 24.6 Å². The number of ketones is 1. The third-order valence-electron chi connectivity index (χ3n) is 3.19. The maximum atomic E-state index is 12.6. The van der Waals surface area contributed by atoms with Crippen LogP contribution in [0.4, 0.5) is 18.9 Å². The van der Waals surface area contributed by atoms with Gasteiger partial charge < -0.3 is 5.73 Å². The number of benzene rings is 1. The molecule has 1 aromatic rings. The smallest absolute Gasteiger partial charge is 0.398 e. The molecule has 1 rings (SSSR count). The van der Waals surface area contributed by atoms with E-state index in [9.17, 15) is 18.0 Å². The molecule has 0 bridgehead atoms. The molecule has 0 aliphatic rings. The highest BCUT2D eigenvalue weighted by atomic mass is 19.4. The van der Waals surface area contributed by atoms with E-state index in [1.54, 1.807) is 0 Å². The largest absolute Gasteiger partial charge is 0.416 e. The van der Waals surface area contributed by atoms with Crippen molar-refractivity contribution < 1.29 is 18.0 Å². The van der Waals surface area contributed by atoms with E-state index in [-0.39, 0.29) is 23.5 Å². The lowest BCUT2D eigenvalue weighted by atomic mass is 10.00. The van der Waals surface area contributed by atoms with Gasteiger partial charge in [-0.15, -0.1) is 0 Å². The summed E-state index contributed by atoms with van der Waals surface area (Å²) in [6, 6.07) is 2.89. The Morgan fingerprint density at radius 2 is 1.80 bits per heavy atom. The summed E-state index contributed by atoms with van der Waals surface area (Å²) >= 11 is 0. The lowest BCUT2D eigenvalue weighted by Gasteiger charge is -2.10. The normalized spacial score (nSPS) is 11.6. The van der Waals surface area contributed by atoms with Gasteiger partial charge in [0.25, 0.3) is 0 Å². The van der Waals surface area contributed by atoms with E-state index in [4.69, 9.17) is 5.73 Å². The average Bonchev–Trinajstić information content (AvgIpc) is 2.37. The van der Waals surface area contributed by atoms with Crippen molar-refractivity contribution >= 4 is 11.5 Å². The van der Waals surface area contributed by atoms with Crippen LogP contribution in [-0.4, -0.2) is 5.78 Å². The van der Waals surface area contributed by atoms with Gasteiger partial charge in [-0.1, -0.05) is 32.6 Å². The van der Waals surface area contributed by atoms with Crippen molar-refractivity contribution in [1.29, 1.82) is 0 Å². The predicted octanol–water partition coefficient (Wildman–Crippen LogP) is 4.83. The first-order valence-electron chi connectivity index (χ1n) is 6.86. The van der Waals surface area contributed by atoms with Gasteiger partial charge in [0.05, 0.1) is 5.56 Å². The number of hydrogen-bond acceptors (Lipinski definition) is 2. The summed E-state index contributed by atoms with van der Waals surface area (Å²) in [4.78, 5) is 11.9. The SMILES string of the molecule is CCCCCCCC(=O)c1cc(C(F)(F)F)ccc1N. The van der Waals surface area contributed by atoms with Gasteiger partial charge in [-0.3, -0.25) is 4.79 Å². The number of carbonyl (C=O) groups excluding carboxylic acids is 1. The first-order valence-corrected chi connectivity index (χ1v) is 6.86. The lowest BCUT2D eigenvalue weighted by Crippen LogP contribution is -2.10. The van der Waals surface area contributed by atoms with Gasteiger partial charge in [0.15, 0.2) is 5.78 Å². The summed E-state index contributed by atoms with van der Waals surface area (Å²) in [5.41, 5.74) is 4.85. The quantitative estimate of drug-likeness (QED) is 0.443. The number of carbonyl (C=O) groups is 1. The van der Waals surface area contributed by atoms with Crippen LogP contribution in [0.1, 0.15) is 61.4 Å². The molecule has 0 fully saturated rings. The summed E-state index contributed by atoms with van der Waals surface area (Å²) in [5.74, 6) is -0.315. The van der Waals surface area contributed by atoms with Crippen molar-refractivity contribution in [2.45, 2.75) is 51.6 Å². The maximum Gasteiger partial charge on any atom is 0.416 e. The molecule has 0 spiro atoms. The number of alkyl halides is 3. The number of anilines is 1. The third kappa shape index (κ3) is 4.87. The van der Waals surface area contributed by atoms with Crippen molar-refractivity contribution in [3.8, 4) is 0 Å². The molecule has 112 valence electrons. The van der Waals surface area contributed by atoms with Crippen LogP contribution < -0.4 is 5.73 Å². The third-order valence-corrected chi connectivity index (χ3v) is 3.19. The van der Waals surface area contributed by atoms with E-state index < -0.39 is 11.7 Å². The molecular weight excluding hydrogens is 267 g/mol. The van der Waals surface area contributed by atoms with E-state index in [0.29, 0.717) is 6.42 Å². The maximum absolute atomic E-state index is 12.6. The van der Waals surface area contributed by atoms with Crippen LogP contribution in [-0.2, 0) is 6.18 Å². The summed E-state index contributed by atoms with van der Waals surface area (Å²) < 4.78 is 37.8. The second kappa shape index (κ2) is 7.31. The van der Waals surface area contributed by atoms with Crippen molar-refractivity contribution in [2.24, 2.45) is 0 Å². The van der Waals surface area contributed by atoms with Crippen LogP contribution >= 0.6 is 0 Å². The zero-order chi connectivity index (χ0) is 15.2. The Morgan fingerprint density at radius 1 is 1.15 bits per heavy atom. The Kier molecular flexibility index (Phi) is 6.05. The Morgan fingerprint density at radius 3 is 2.40 bits per heavy atom. The van der Waals surface area contributed by atoms with Gasteiger partial charge in [0.2, 0.25) is 0 Å². The molecule has 0 aromatic heterocycles. The molecule has 0 saturated heterocycles. The van der Waals surface area contributed by atoms with Crippen LogP contribution in [0.2, 0.25) is 0 Å².